The van der Waals surface area contributed by atoms with Crippen LogP contribution in [0.2, 0.25) is 0 Å². The van der Waals surface area contributed by atoms with Gasteiger partial charge in [-0.15, -0.1) is 0 Å². The van der Waals surface area contributed by atoms with E-state index < -0.39 is 11.6 Å². The minimum absolute atomic E-state index is 0.0179. The first kappa shape index (κ1) is 23.8. The fourth-order valence-corrected chi connectivity index (χ4v) is 8.58. The molecule has 4 rings (SSSR count). The molecule has 2 N–H and O–H groups in total. The van der Waals surface area contributed by atoms with Gasteiger partial charge in [0.25, 0.3) is 0 Å². The topological polar surface area (TPSA) is 77.8 Å². The molecule has 0 radical (unpaired) electrons. The molecule has 1 amide bonds. The molecule has 0 aromatic rings. The number of hydrogen-bond donors (Lipinski definition) is 2. The summed E-state index contributed by atoms with van der Waals surface area (Å²) in [7, 11) is 0. The molecule has 3 unspecified atom stereocenters. The lowest BCUT2D eigenvalue weighted by molar-refractivity contribution is -0.156. The molecule has 32 heavy (non-hydrogen) atoms. The van der Waals surface area contributed by atoms with Gasteiger partial charge in [-0.3, -0.25) is 4.79 Å². The first-order chi connectivity index (χ1) is 14.8. The van der Waals surface area contributed by atoms with Crippen LogP contribution in [-0.2, 0) is 9.59 Å². The second-order valence-corrected chi connectivity index (χ2v) is 12.3. The Bertz CT molecular complexity index is 810. The second-order valence-electron chi connectivity index (χ2n) is 12.3. The maximum atomic E-state index is 13.7. The van der Waals surface area contributed by atoms with E-state index in [-0.39, 0.29) is 28.8 Å². The third-order valence-corrected chi connectivity index (χ3v) is 10.2. The average molecular weight is 446 g/mol. The van der Waals surface area contributed by atoms with E-state index in [2.05, 4.69) is 46.4 Å². The summed E-state index contributed by atoms with van der Waals surface area (Å²) in [6.07, 6.45) is 8.96. The monoisotopic (exact) mass is 445 g/mol. The van der Waals surface area contributed by atoms with E-state index in [1.54, 1.807) is 6.08 Å². The predicted octanol–water partition coefficient (Wildman–Crippen LogP) is 5.03. The van der Waals surface area contributed by atoms with E-state index in [4.69, 9.17) is 0 Å². The maximum absolute atomic E-state index is 13.7. The molecule has 4 aliphatic carbocycles. The highest BCUT2D eigenvalue weighted by atomic mass is 16.4. The van der Waals surface area contributed by atoms with Crippen molar-refractivity contribution in [3.63, 3.8) is 0 Å². The van der Waals surface area contributed by atoms with E-state index in [1.807, 2.05) is 0 Å². The van der Waals surface area contributed by atoms with Crippen molar-refractivity contribution in [2.75, 3.05) is 0 Å². The van der Waals surface area contributed by atoms with Gasteiger partial charge in [-0.05, 0) is 114 Å². The van der Waals surface area contributed by atoms with Crippen LogP contribution < -0.4 is 0 Å². The smallest absolute Gasteiger partial charge is 0.339 e. The van der Waals surface area contributed by atoms with Crippen LogP contribution in [0, 0.1) is 34.5 Å². The highest BCUT2D eigenvalue weighted by molar-refractivity contribution is 5.81. The molecule has 7 atom stereocenters. The summed E-state index contributed by atoms with van der Waals surface area (Å²) in [6.45, 7) is 13.2. The number of rotatable bonds is 4. The van der Waals surface area contributed by atoms with Gasteiger partial charge in [-0.25, -0.2) is 4.79 Å². The van der Waals surface area contributed by atoms with Gasteiger partial charge in [0.15, 0.2) is 5.60 Å². The van der Waals surface area contributed by atoms with Crippen LogP contribution in [-0.4, -0.2) is 44.7 Å². The molecule has 5 nitrogen and oxygen atoms in total. The number of carbonyl (C=O) groups excluding carboxylic acids is 1. The second kappa shape index (κ2) is 7.85. The number of nitrogens with zero attached hydrogens (tertiary/aromatic N) is 1. The van der Waals surface area contributed by atoms with Crippen molar-refractivity contribution in [1.29, 1.82) is 0 Å². The number of carbonyl (C=O) groups is 2. The zero-order valence-corrected chi connectivity index (χ0v) is 20.9. The van der Waals surface area contributed by atoms with Gasteiger partial charge in [0.1, 0.15) is 0 Å². The molecule has 0 aliphatic heterocycles. The molecule has 0 bridgehead atoms. The Balaban J connectivity index is 1.60. The third-order valence-electron chi connectivity index (χ3n) is 10.2. The van der Waals surface area contributed by atoms with Crippen molar-refractivity contribution < 1.29 is 19.8 Å². The molecule has 3 saturated carbocycles. The summed E-state index contributed by atoms with van der Waals surface area (Å²) in [5.74, 6) is 1.03. The van der Waals surface area contributed by atoms with Crippen LogP contribution in [0.15, 0.2) is 11.6 Å². The number of fused-ring (bicyclic) bond motifs is 5. The largest absolute Gasteiger partial charge is 0.479 e. The van der Waals surface area contributed by atoms with Gasteiger partial charge in [0, 0.05) is 18.0 Å². The van der Waals surface area contributed by atoms with E-state index in [0.29, 0.717) is 30.1 Å². The normalized spacial score (nSPS) is 43.3. The Morgan fingerprint density at radius 3 is 2.22 bits per heavy atom. The molecule has 3 fully saturated rings. The molecule has 5 heteroatoms. The minimum Gasteiger partial charge on any atom is -0.479 e. The zero-order chi connectivity index (χ0) is 23.6. The van der Waals surface area contributed by atoms with Crippen LogP contribution >= 0.6 is 0 Å². The fourth-order valence-electron chi connectivity index (χ4n) is 8.58. The Labute approximate surface area is 193 Å². The molecule has 180 valence electrons. The van der Waals surface area contributed by atoms with Crippen molar-refractivity contribution in [1.82, 2.24) is 4.90 Å². The Hall–Kier alpha value is -1.36. The summed E-state index contributed by atoms with van der Waals surface area (Å²) in [5.41, 5.74) is -0.494. The SMILES string of the molecule is CC(C)N(C(=O)[C@H]1CCC2C3CCC4=C[C@](O)(C(=O)O)CC[C@]4(C)C3CC[C@@]21C)C(C)C. The van der Waals surface area contributed by atoms with E-state index in [9.17, 15) is 19.8 Å². The Kier molecular flexibility index (Phi) is 5.84. The lowest BCUT2D eigenvalue weighted by Crippen LogP contribution is -2.54. The minimum atomic E-state index is -1.70. The van der Waals surface area contributed by atoms with Crippen molar-refractivity contribution >= 4 is 11.9 Å². The Morgan fingerprint density at radius 2 is 1.62 bits per heavy atom. The van der Waals surface area contributed by atoms with E-state index in [1.165, 1.54) is 0 Å². The van der Waals surface area contributed by atoms with Crippen LogP contribution in [0.25, 0.3) is 0 Å². The lowest BCUT2D eigenvalue weighted by atomic mass is 9.46. The first-order valence-electron chi connectivity index (χ1n) is 12.9. The summed E-state index contributed by atoms with van der Waals surface area (Å²) in [5, 5.41) is 20.1. The number of allylic oxidation sites excluding steroid dienone is 1. The van der Waals surface area contributed by atoms with Crippen LogP contribution in [0.5, 0.6) is 0 Å². The number of aliphatic hydroxyl groups is 1. The van der Waals surface area contributed by atoms with Gasteiger partial charge in [0.2, 0.25) is 5.91 Å². The molecule has 0 heterocycles. The standard InChI is InChI=1S/C27H43NO4/c1-16(2)28(17(3)4)23(29)22-10-9-20-19-8-7-18-15-27(32,24(30)31)14-13-25(18,5)21(19)11-12-26(20,22)6/h15-17,19-22,32H,7-14H2,1-6H3,(H,30,31)/t19?,20?,21?,22-,25+,26+,27+/m1/s1. The first-order valence-corrected chi connectivity index (χ1v) is 12.9. The van der Waals surface area contributed by atoms with Crippen molar-refractivity contribution in [3.8, 4) is 0 Å². The molecule has 0 spiro atoms. The number of carboxylic acids is 1. The molecule has 0 aromatic carbocycles. The molecular formula is C27H43NO4. The van der Waals surface area contributed by atoms with E-state index in [0.717, 1.165) is 50.5 Å². The molecular weight excluding hydrogens is 402 g/mol. The molecule has 4 aliphatic rings. The highest BCUT2D eigenvalue weighted by Gasteiger charge is 2.61. The average Bonchev–Trinajstić information content (AvgIpc) is 3.05. The van der Waals surface area contributed by atoms with Crippen LogP contribution in [0.4, 0.5) is 0 Å². The predicted molar refractivity (Wildman–Crippen MR) is 125 cm³/mol. The van der Waals surface area contributed by atoms with Gasteiger partial charge < -0.3 is 15.1 Å². The summed E-state index contributed by atoms with van der Waals surface area (Å²) in [4.78, 5) is 27.5. The van der Waals surface area contributed by atoms with Gasteiger partial charge >= 0.3 is 5.97 Å². The van der Waals surface area contributed by atoms with E-state index >= 15 is 0 Å². The molecule has 0 saturated heterocycles. The third kappa shape index (κ3) is 3.36. The number of aliphatic carboxylic acids is 1. The van der Waals surface area contributed by atoms with Gasteiger partial charge in [-0.2, -0.15) is 0 Å². The fraction of sp³-hybridized carbons (Fsp3) is 0.852. The molecule has 0 aromatic heterocycles. The number of carboxylic acid groups (broad SMARTS) is 1. The van der Waals surface area contributed by atoms with Crippen molar-refractivity contribution in [2.45, 2.75) is 111 Å². The van der Waals surface area contributed by atoms with Crippen molar-refractivity contribution in [3.05, 3.63) is 11.6 Å². The highest BCUT2D eigenvalue weighted by Crippen LogP contribution is 2.67. The zero-order valence-electron chi connectivity index (χ0n) is 20.9. The summed E-state index contributed by atoms with van der Waals surface area (Å²) < 4.78 is 0. The summed E-state index contributed by atoms with van der Waals surface area (Å²) >= 11 is 0. The number of amides is 1. The summed E-state index contributed by atoms with van der Waals surface area (Å²) in [6, 6.07) is 0.441. The van der Waals surface area contributed by atoms with Crippen LogP contribution in [0.1, 0.15) is 92.9 Å². The van der Waals surface area contributed by atoms with Crippen molar-refractivity contribution in [2.24, 2.45) is 34.5 Å². The lowest BCUT2D eigenvalue weighted by Gasteiger charge is -2.59. The maximum Gasteiger partial charge on any atom is 0.339 e. The van der Waals surface area contributed by atoms with Gasteiger partial charge in [-0.1, -0.05) is 19.4 Å². The quantitative estimate of drug-likeness (QED) is 0.595. The number of hydrogen-bond acceptors (Lipinski definition) is 3. The Morgan fingerprint density at radius 1 is 0.969 bits per heavy atom. The van der Waals surface area contributed by atoms with Crippen LogP contribution in [0.3, 0.4) is 0 Å². The van der Waals surface area contributed by atoms with Gasteiger partial charge in [0.05, 0.1) is 0 Å².